The molecule has 1 aromatic rings. The average molecular weight is 168 g/mol. The Labute approximate surface area is 69.6 Å². The van der Waals surface area contributed by atoms with Gasteiger partial charge in [0.25, 0.3) is 0 Å². The van der Waals surface area contributed by atoms with Crippen molar-refractivity contribution < 1.29 is 14.3 Å². The van der Waals surface area contributed by atoms with Gasteiger partial charge in [-0.3, -0.25) is 4.79 Å². The number of carbonyl (C=O) groups is 1. The minimum Gasteiger partial charge on any atom is -0.507 e. The van der Waals surface area contributed by atoms with Crippen LogP contribution in [0.5, 0.6) is 5.75 Å². The maximum atomic E-state index is 12.3. The van der Waals surface area contributed by atoms with Gasteiger partial charge in [-0.15, -0.1) is 0 Å². The number of phenols is 1. The fourth-order valence-corrected chi connectivity index (χ4v) is 1.04. The summed E-state index contributed by atoms with van der Waals surface area (Å²) < 4.78 is 12.3. The molecular formula is C9H9FO2. The van der Waals surface area contributed by atoms with E-state index in [0.29, 0.717) is 11.1 Å². The molecule has 0 bridgehead atoms. The zero-order chi connectivity index (χ0) is 9.30. The Hall–Kier alpha value is -1.38. The minimum absolute atomic E-state index is 0.227. The van der Waals surface area contributed by atoms with E-state index in [-0.39, 0.29) is 11.3 Å². The molecule has 0 aromatic heterocycles. The summed E-state index contributed by atoms with van der Waals surface area (Å²) in [7, 11) is 0. The van der Waals surface area contributed by atoms with Crippen molar-refractivity contribution >= 4 is 6.04 Å². The van der Waals surface area contributed by atoms with Crippen molar-refractivity contribution in [3.05, 3.63) is 28.8 Å². The van der Waals surface area contributed by atoms with Crippen LogP contribution in [0.4, 0.5) is 4.39 Å². The van der Waals surface area contributed by atoms with Crippen molar-refractivity contribution in [3.63, 3.8) is 0 Å². The largest absolute Gasteiger partial charge is 0.507 e. The molecule has 0 unspecified atom stereocenters. The zero-order valence-electron chi connectivity index (χ0n) is 6.89. The van der Waals surface area contributed by atoms with Crippen molar-refractivity contribution in [2.75, 3.05) is 0 Å². The number of carbonyl (C=O) groups excluding carboxylic acids is 1. The van der Waals surface area contributed by atoms with Crippen molar-refractivity contribution in [1.29, 1.82) is 0 Å². The van der Waals surface area contributed by atoms with Crippen LogP contribution in [0.1, 0.15) is 21.5 Å². The van der Waals surface area contributed by atoms with Crippen LogP contribution in [-0.4, -0.2) is 11.1 Å². The Balaban J connectivity index is 3.43. The molecule has 0 saturated heterocycles. The molecule has 1 N–H and O–H groups in total. The van der Waals surface area contributed by atoms with Gasteiger partial charge in [-0.25, -0.2) is 0 Å². The Morgan fingerprint density at radius 3 is 2.25 bits per heavy atom. The summed E-state index contributed by atoms with van der Waals surface area (Å²) in [5.74, 6) is -0.262. The molecule has 2 nitrogen and oxygen atoms in total. The van der Waals surface area contributed by atoms with Crippen LogP contribution in [0.15, 0.2) is 12.1 Å². The van der Waals surface area contributed by atoms with Crippen molar-refractivity contribution in [2.45, 2.75) is 13.8 Å². The lowest BCUT2D eigenvalue weighted by Gasteiger charge is -2.04. The molecule has 0 aliphatic rings. The average Bonchev–Trinajstić information content (AvgIpc) is 1.97. The standard InChI is InChI=1S/C9H9FO2/c1-5-3-4-6(2)8(11)7(5)9(10)12/h3-4,11H,1-2H3. The van der Waals surface area contributed by atoms with E-state index in [1.807, 2.05) is 0 Å². The van der Waals surface area contributed by atoms with Crippen LogP contribution in [0.2, 0.25) is 0 Å². The van der Waals surface area contributed by atoms with Gasteiger partial charge in [-0.05, 0) is 25.0 Å². The van der Waals surface area contributed by atoms with Crippen LogP contribution in [0, 0.1) is 13.8 Å². The molecule has 0 aliphatic heterocycles. The van der Waals surface area contributed by atoms with Gasteiger partial charge in [0, 0.05) is 0 Å². The van der Waals surface area contributed by atoms with E-state index >= 15 is 0 Å². The number of aromatic hydroxyl groups is 1. The normalized spacial score (nSPS) is 9.92. The molecule has 1 rings (SSSR count). The Bertz CT molecular complexity index is 332. The highest BCUT2D eigenvalue weighted by molar-refractivity contribution is 5.93. The van der Waals surface area contributed by atoms with Crippen molar-refractivity contribution in [3.8, 4) is 5.75 Å². The monoisotopic (exact) mass is 168 g/mol. The highest BCUT2D eigenvalue weighted by atomic mass is 19.1. The summed E-state index contributed by atoms with van der Waals surface area (Å²) in [6.45, 7) is 3.19. The molecule has 3 heteroatoms. The van der Waals surface area contributed by atoms with E-state index in [1.165, 1.54) is 0 Å². The predicted molar refractivity (Wildman–Crippen MR) is 43.0 cm³/mol. The zero-order valence-corrected chi connectivity index (χ0v) is 6.89. The van der Waals surface area contributed by atoms with E-state index in [1.54, 1.807) is 26.0 Å². The second-order valence-corrected chi connectivity index (χ2v) is 2.70. The molecule has 0 atom stereocenters. The molecular weight excluding hydrogens is 159 g/mol. The first-order chi connectivity index (χ1) is 5.54. The third-order valence-corrected chi connectivity index (χ3v) is 1.78. The SMILES string of the molecule is Cc1ccc(C)c(C(=O)F)c1O. The van der Waals surface area contributed by atoms with Crippen LogP contribution < -0.4 is 0 Å². The number of hydrogen-bond donors (Lipinski definition) is 1. The molecule has 0 fully saturated rings. The molecule has 0 radical (unpaired) electrons. The molecule has 0 spiro atoms. The van der Waals surface area contributed by atoms with Gasteiger partial charge >= 0.3 is 6.04 Å². The fourth-order valence-electron chi connectivity index (χ4n) is 1.04. The van der Waals surface area contributed by atoms with E-state index in [4.69, 9.17) is 0 Å². The second kappa shape index (κ2) is 2.93. The van der Waals surface area contributed by atoms with Gasteiger partial charge in [-0.1, -0.05) is 12.1 Å². The summed E-state index contributed by atoms with van der Waals surface area (Å²) in [5, 5.41) is 9.29. The number of hydrogen-bond acceptors (Lipinski definition) is 2. The van der Waals surface area contributed by atoms with Crippen LogP contribution in [0.25, 0.3) is 0 Å². The predicted octanol–water partition coefficient (Wildman–Crippen LogP) is 2.12. The van der Waals surface area contributed by atoms with Gasteiger partial charge in [0.15, 0.2) is 0 Å². The molecule has 0 heterocycles. The topological polar surface area (TPSA) is 37.3 Å². The molecule has 0 saturated carbocycles. The number of aryl methyl sites for hydroxylation is 2. The Morgan fingerprint density at radius 1 is 1.33 bits per heavy atom. The van der Waals surface area contributed by atoms with Gasteiger partial charge in [0.1, 0.15) is 5.75 Å². The quantitative estimate of drug-likeness (QED) is 0.652. The number of halogens is 1. The maximum absolute atomic E-state index is 12.3. The van der Waals surface area contributed by atoms with Gasteiger partial charge in [0.2, 0.25) is 0 Å². The number of rotatable bonds is 1. The number of phenolic OH excluding ortho intramolecular Hbond substituents is 1. The highest BCUT2D eigenvalue weighted by Gasteiger charge is 2.14. The van der Waals surface area contributed by atoms with Crippen LogP contribution >= 0.6 is 0 Å². The first kappa shape index (κ1) is 8.71. The van der Waals surface area contributed by atoms with E-state index in [2.05, 4.69) is 0 Å². The Morgan fingerprint density at radius 2 is 1.83 bits per heavy atom. The lowest BCUT2D eigenvalue weighted by molar-refractivity contribution is 0.0832. The molecule has 12 heavy (non-hydrogen) atoms. The molecule has 0 aliphatic carbocycles. The maximum Gasteiger partial charge on any atom is 0.336 e. The summed E-state index contributed by atoms with van der Waals surface area (Å²) in [6, 6.07) is 1.65. The lowest BCUT2D eigenvalue weighted by atomic mass is 10.0. The van der Waals surface area contributed by atoms with Crippen LogP contribution in [-0.2, 0) is 0 Å². The van der Waals surface area contributed by atoms with Crippen molar-refractivity contribution in [1.82, 2.24) is 0 Å². The second-order valence-electron chi connectivity index (χ2n) is 2.70. The fraction of sp³-hybridized carbons (Fsp3) is 0.222. The van der Waals surface area contributed by atoms with E-state index in [0.717, 1.165) is 0 Å². The molecule has 1 aromatic carbocycles. The van der Waals surface area contributed by atoms with E-state index in [9.17, 15) is 14.3 Å². The van der Waals surface area contributed by atoms with Gasteiger partial charge in [-0.2, -0.15) is 4.39 Å². The first-order valence-electron chi connectivity index (χ1n) is 3.53. The smallest absolute Gasteiger partial charge is 0.336 e. The van der Waals surface area contributed by atoms with E-state index < -0.39 is 6.04 Å². The number of benzene rings is 1. The molecule has 0 amide bonds. The third-order valence-electron chi connectivity index (χ3n) is 1.78. The summed E-state index contributed by atoms with van der Waals surface area (Å²) in [5.41, 5.74) is 0.724. The lowest BCUT2D eigenvalue weighted by Crippen LogP contribution is -1.96. The molecule has 64 valence electrons. The summed E-state index contributed by atoms with van der Waals surface area (Å²) in [6.07, 6.45) is 0. The first-order valence-corrected chi connectivity index (χ1v) is 3.53. The summed E-state index contributed by atoms with van der Waals surface area (Å²) >= 11 is 0. The summed E-state index contributed by atoms with van der Waals surface area (Å²) in [4.78, 5) is 10.4. The third kappa shape index (κ3) is 1.30. The minimum atomic E-state index is -1.59. The Kier molecular flexibility index (Phi) is 2.13. The van der Waals surface area contributed by atoms with Gasteiger partial charge in [0.05, 0.1) is 5.56 Å². The van der Waals surface area contributed by atoms with Crippen LogP contribution in [0.3, 0.4) is 0 Å². The van der Waals surface area contributed by atoms with Gasteiger partial charge < -0.3 is 5.11 Å². The van der Waals surface area contributed by atoms with Crippen molar-refractivity contribution in [2.24, 2.45) is 0 Å². The highest BCUT2D eigenvalue weighted by Crippen LogP contribution is 2.25.